The zero-order chi connectivity index (χ0) is 9.03. The van der Waals surface area contributed by atoms with Gasteiger partial charge in [-0.15, -0.1) is 0 Å². The van der Waals surface area contributed by atoms with Gasteiger partial charge in [-0.3, -0.25) is 0 Å². The molecule has 12 heavy (non-hydrogen) atoms. The molecule has 1 aliphatic carbocycles. The molecule has 0 amide bonds. The Labute approximate surface area is 76.9 Å². The lowest BCUT2D eigenvalue weighted by atomic mass is 9.62. The first-order valence-corrected chi connectivity index (χ1v) is 5.42. The molecular weight excluding hydrogens is 146 g/mol. The first-order chi connectivity index (χ1) is 5.71. The Morgan fingerprint density at radius 3 is 2.33 bits per heavy atom. The van der Waals surface area contributed by atoms with Crippen molar-refractivity contribution in [3.8, 4) is 0 Å². The fraction of sp³-hybridized carbons (Fsp3) is 1.00. The van der Waals surface area contributed by atoms with Gasteiger partial charge < -0.3 is 5.32 Å². The van der Waals surface area contributed by atoms with Crippen molar-refractivity contribution in [3.05, 3.63) is 0 Å². The monoisotopic (exact) mass is 169 g/mol. The second-order valence-corrected chi connectivity index (χ2v) is 4.55. The van der Waals surface area contributed by atoms with Crippen molar-refractivity contribution < 1.29 is 0 Å². The van der Waals surface area contributed by atoms with Crippen molar-refractivity contribution in [1.29, 1.82) is 0 Å². The Kier molecular flexibility index (Phi) is 3.57. The molecule has 0 radical (unpaired) electrons. The molecule has 0 heterocycles. The van der Waals surface area contributed by atoms with Gasteiger partial charge in [0.2, 0.25) is 0 Å². The molecule has 0 aromatic heterocycles. The van der Waals surface area contributed by atoms with Gasteiger partial charge in [-0.1, -0.05) is 27.2 Å². The van der Waals surface area contributed by atoms with Crippen LogP contribution in [0, 0.1) is 11.3 Å². The van der Waals surface area contributed by atoms with E-state index in [9.17, 15) is 0 Å². The molecule has 0 bridgehead atoms. The maximum atomic E-state index is 3.56. The van der Waals surface area contributed by atoms with E-state index in [1.54, 1.807) is 0 Å². The third-order valence-corrected chi connectivity index (χ3v) is 3.48. The summed E-state index contributed by atoms with van der Waals surface area (Å²) in [6.45, 7) is 9.41. The highest BCUT2D eigenvalue weighted by Crippen LogP contribution is 2.46. The number of hydrogen-bond acceptors (Lipinski definition) is 1. The third-order valence-electron chi connectivity index (χ3n) is 3.48. The molecule has 1 saturated carbocycles. The molecule has 1 rings (SSSR count). The quantitative estimate of drug-likeness (QED) is 0.624. The molecule has 72 valence electrons. The average Bonchev–Trinajstić information content (AvgIpc) is 1.94. The highest BCUT2D eigenvalue weighted by Gasteiger charge is 2.38. The van der Waals surface area contributed by atoms with E-state index in [-0.39, 0.29) is 0 Å². The first-order valence-electron chi connectivity index (χ1n) is 5.42. The smallest absolute Gasteiger partial charge is 0.00103 e. The van der Waals surface area contributed by atoms with Crippen LogP contribution in [-0.2, 0) is 0 Å². The van der Waals surface area contributed by atoms with Crippen LogP contribution in [-0.4, -0.2) is 13.1 Å². The van der Waals surface area contributed by atoms with Gasteiger partial charge in [-0.2, -0.15) is 0 Å². The van der Waals surface area contributed by atoms with E-state index in [1.807, 2.05) is 0 Å². The number of hydrogen-bond donors (Lipinski definition) is 1. The van der Waals surface area contributed by atoms with Gasteiger partial charge in [-0.05, 0) is 37.1 Å². The van der Waals surface area contributed by atoms with Crippen LogP contribution >= 0.6 is 0 Å². The van der Waals surface area contributed by atoms with Crippen LogP contribution in [0.4, 0.5) is 0 Å². The summed E-state index contributed by atoms with van der Waals surface area (Å²) in [4.78, 5) is 0. The van der Waals surface area contributed by atoms with Crippen molar-refractivity contribution >= 4 is 0 Å². The third kappa shape index (κ3) is 2.01. The molecule has 1 fully saturated rings. The van der Waals surface area contributed by atoms with Crippen LogP contribution in [0.3, 0.4) is 0 Å². The minimum absolute atomic E-state index is 0.662. The lowest BCUT2D eigenvalue weighted by Gasteiger charge is -2.46. The fourth-order valence-corrected chi connectivity index (χ4v) is 2.10. The molecule has 0 aliphatic heterocycles. The molecule has 1 aliphatic rings. The maximum absolute atomic E-state index is 3.56. The minimum atomic E-state index is 0.662. The lowest BCUT2D eigenvalue weighted by Crippen LogP contribution is -2.44. The van der Waals surface area contributed by atoms with Crippen LogP contribution in [0.5, 0.6) is 0 Å². The van der Waals surface area contributed by atoms with Crippen LogP contribution in [0.2, 0.25) is 0 Å². The zero-order valence-corrected chi connectivity index (χ0v) is 8.82. The first kappa shape index (κ1) is 10.0. The van der Waals surface area contributed by atoms with E-state index < -0.39 is 0 Å². The summed E-state index contributed by atoms with van der Waals surface area (Å²) >= 11 is 0. The summed E-state index contributed by atoms with van der Waals surface area (Å²) in [5, 5.41) is 3.56. The largest absolute Gasteiger partial charge is 0.316 e. The summed E-state index contributed by atoms with van der Waals surface area (Å²) in [5.74, 6) is 0.857. The van der Waals surface area contributed by atoms with Gasteiger partial charge in [0.05, 0.1) is 0 Å². The molecule has 0 atom stereocenters. The average molecular weight is 169 g/mol. The highest BCUT2D eigenvalue weighted by atomic mass is 14.9. The Morgan fingerprint density at radius 2 is 2.00 bits per heavy atom. The molecule has 0 saturated heterocycles. The second kappa shape index (κ2) is 4.27. The molecular formula is C11H23N. The van der Waals surface area contributed by atoms with Crippen LogP contribution in [0.25, 0.3) is 0 Å². The SMILES string of the molecule is CCCNCC1(C(C)C)CCC1. The molecule has 1 nitrogen and oxygen atoms in total. The topological polar surface area (TPSA) is 12.0 Å². The van der Waals surface area contributed by atoms with E-state index in [1.165, 1.54) is 38.8 Å². The highest BCUT2D eigenvalue weighted by molar-refractivity contribution is 4.91. The van der Waals surface area contributed by atoms with Crippen molar-refractivity contribution in [2.45, 2.75) is 46.5 Å². The van der Waals surface area contributed by atoms with Gasteiger partial charge in [-0.25, -0.2) is 0 Å². The van der Waals surface area contributed by atoms with Gasteiger partial charge in [0, 0.05) is 6.54 Å². The molecule has 0 aromatic rings. The molecule has 1 N–H and O–H groups in total. The van der Waals surface area contributed by atoms with E-state index in [0.29, 0.717) is 5.41 Å². The maximum Gasteiger partial charge on any atom is 0.00103 e. The van der Waals surface area contributed by atoms with Gasteiger partial charge >= 0.3 is 0 Å². The van der Waals surface area contributed by atoms with E-state index in [0.717, 1.165) is 5.92 Å². The van der Waals surface area contributed by atoms with Gasteiger partial charge in [0.1, 0.15) is 0 Å². The predicted octanol–water partition coefficient (Wildman–Crippen LogP) is 2.81. The van der Waals surface area contributed by atoms with Crippen LogP contribution in [0.1, 0.15) is 46.5 Å². The Hall–Kier alpha value is -0.0400. The summed E-state index contributed by atoms with van der Waals surface area (Å²) < 4.78 is 0. The Balaban J connectivity index is 2.25. The molecule has 0 spiro atoms. The summed E-state index contributed by atoms with van der Waals surface area (Å²) in [6, 6.07) is 0. The van der Waals surface area contributed by atoms with E-state index in [2.05, 4.69) is 26.1 Å². The van der Waals surface area contributed by atoms with Crippen LogP contribution in [0.15, 0.2) is 0 Å². The van der Waals surface area contributed by atoms with Crippen molar-refractivity contribution in [1.82, 2.24) is 5.32 Å². The zero-order valence-electron chi connectivity index (χ0n) is 8.82. The second-order valence-electron chi connectivity index (χ2n) is 4.55. The minimum Gasteiger partial charge on any atom is -0.316 e. The Bertz CT molecular complexity index is 125. The standard InChI is InChI=1S/C11H23N/c1-4-8-12-9-11(10(2)3)6-5-7-11/h10,12H,4-9H2,1-3H3. The molecule has 0 unspecified atom stereocenters. The van der Waals surface area contributed by atoms with Crippen molar-refractivity contribution in [3.63, 3.8) is 0 Å². The predicted molar refractivity (Wildman–Crippen MR) is 54.3 cm³/mol. The number of nitrogens with one attached hydrogen (secondary N) is 1. The van der Waals surface area contributed by atoms with Crippen molar-refractivity contribution in [2.24, 2.45) is 11.3 Å². The van der Waals surface area contributed by atoms with E-state index >= 15 is 0 Å². The Morgan fingerprint density at radius 1 is 1.33 bits per heavy atom. The fourth-order valence-electron chi connectivity index (χ4n) is 2.10. The van der Waals surface area contributed by atoms with E-state index in [4.69, 9.17) is 0 Å². The summed E-state index contributed by atoms with van der Waals surface area (Å²) in [6.07, 6.45) is 5.60. The van der Waals surface area contributed by atoms with Crippen molar-refractivity contribution in [2.75, 3.05) is 13.1 Å². The molecule has 1 heteroatoms. The van der Waals surface area contributed by atoms with Gasteiger partial charge in [0.15, 0.2) is 0 Å². The summed E-state index contributed by atoms with van der Waals surface area (Å²) in [7, 11) is 0. The normalized spacial score (nSPS) is 21.0. The lowest BCUT2D eigenvalue weighted by molar-refractivity contribution is 0.0683. The van der Waals surface area contributed by atoms with Gasteiger partial charge in [0.25, 0.3) is 0 Å². The molecule has 0 aromatic carbocycles. The summed E-state index contributed by atoms with van der Waals surface area (Å²) in [5.41, 5.74) is 0.662. The number of rotatable bonds is 5. The van der Waals surface area contributed by atoms with Crippen LogP contribution < -0.4 is 5.32 Å².